The number of anilines is 2. The molecule has 0 spiro atoms. The van der Waals surface area contributed by atoms with E-state index in [1.165, 1.54) is 6.33 Å². The number of hydrogen-bond acceptors (Lipinski definition) is 8. The van der Waals surface area contributed by atoms with Crippen molar-refractivity contribution in [3.63, 3.8) is 0 Å². The maximum atomic E-state index is 12.9. The van der Waals surface area contributed by atoms with E-state index in [1.807, 2.05) is 44.2 Å². The van der Waals surface area contributed by atoms with Gasteiger partial charge in [-0.1, -0.05) is 0 Å². The van der Waals surface area contributed by atoms with E-state index < -0.39 is 0 Å². The lowest BCUT2D eigenvalue weighted by atomic mass is 9.96. The quantitative estimate of drug-likeness (QED) is 0.499. The number of aromatic nitrogens is 6. The summed E-state index contributed by atoms with van der Waals surface area (Å²) in [7, 11) is 0. The smallest absolute Gasteiger partial charge is 0.228 e. The largest absolute Gasteiger partial charge is 0.463 e. The van der Waals surface area contributed by atoms with Crippen LogP contribution in [-0.4, -0.2) is 48.9 Å². The van der Waals surface area contributed by atoms with Crippen molar-refractivity contribution in [2.45, 2.75) is 26.7 Å². The molecule has 1 aliphatic heterocycles. The molecule has 5 rings (SSSR count). The van der Waals surface area contributed by atoms with Crippen molar-refractivity contribution in [2.24, 2.45) is 5.92 Å². The SMILES string of the molecule is Cc1cc(C)n(-c2cc(NC(=O)C3CCN(c4ccc(-c5ccco5)nn4)CC3)ncn2)n1. The minimum Gasteiger partial charge on any atom is -0.463 e. The van der Waals surface area contributed by atoms with Crippen LogP contribution in [-0.2, 0) is 4.79 Å². The molecule has 4 aromatic rings. The van der Waals surface area contributed by atoms with Crippen LogP contribution in [0.5, 0.6) is 0 Å². The van der Waals surface area contributed by atoms with Crippen molar-refractivity contribution >= 4 is 17.5 Å². The van der Waals surface area contributed by atoms with Crippen LogP contribution in [0.3, 0.4) is 0 Å². The van der Waals surface area contributed by atoms with Crippen LogP contribution < -0.4 is 10.2 Å². The number of amides is 1. The molecule has 0 saturated carbocycles. The number of carbonyl (C=O) groups is 1. The second-order valence-electron chi connectivity index (χ2n) is 8.10. The third-order valence-corrected chi connectivity index (χ3v) is 5.74. The Morgan fingerprint density at radius 3 is 2.58 bits per heavy atom. The van der Waals surface area contributed by atoms with Gasteiger partial charge in [-0.05, 0) is 57.0 Å². The fourth-order valence-electron chi connectivity index (χ4n) is 4.04. The standard InChI is InChI=1S/C23H24N8O2/c1-15-12-16(2)31(29-15)22-13-20(24-14-25-22)26-23(32)17-7-9-30(10-8-17)21-6-5-18(27-28-21)19-4-3-11-33-19/h3-6,11-14,17H,7-10H2,1-2H3,(H,24,25,26,32). The van der Waals surface area contributed by atoms with Gasteiger partial charge in [0, 0.05) is 30.8 Å². The van der Waals surface area contributed by atoms with E-state index in [2.05, 4.69) is 35.5 Å². The first kappa shape index (κ1) is 20.8. The van der Waals surface area contributed by atoms with E-state index in [0.29, 0.717) is 23.1 Å². The molecule has 168 valence electrons. The summed E-state index contributed by atoms with van der Waals surface area (Å²) in [4.78, 5) is 23.5. The molecule has 1 amide bonds. The Morgan fingerprint density at radius 2 is 1.91 bits per heavy atom. The van der Waals surface area contributed by atoms with Gasteiger partial charge in [-0.2, -0.15) is 5.10 Å². The average Bonchev–Trinajstić information content (AvgIpc) is 3.49. The van der Waals surface area contributed by atoms with Gasteiger partial charge in [-0.15, -0.1) is 10.2 Å². The van der Waals surface area contributed by atoms with E-state index in [9.17, 15) is 4.79 Å². The summed E-state index contributed by atoms with van der Waals surface area (Å²) in [6.07, 6.45) is 4.50. The summed E-state index contributed by atoms with van der Waals surface area (Å²) in [6.45, 7) is 5.35. The van der Waals surface area contributed by atoms with Crippen molar-refractivity contribution in [1.29, 1.82) is 0 Å². The molecular weight excluding hydrogens is 420 g/mol. The Morgan fingerprint density at radius 1 is 1.06 bits per heavy atom. The van der Waals surface area contributed by atoms with Gasteiger partial charge in [0.25, 0.3) is 0 Å². The van der Waals surface area contributed by atoms with Crippen molar-refractivity contribution in [1.82, 2.24) is 29.9 Å². The summed E-state index contributed by atoms with van der Waals surface area (Å²) in [6, 6.07) is 11.2. The third-order valence-electron chi connectivity index (χ3n) is 5.74. The van der Waals surface area contributed by atoms with E-state index in [4.69, 9.17) is 4.42 Å². The van der Waals surface area contributed by atoms with Crippen LogP contribution in [0.2, 0.25) is 0 Å². The Bertz CT molecular complexity index is 1240. The molecule has 10 heteroatoms. The normalized spacial score (nSPS) is 14.4. The lowest BCUT2D eigenvalue weighted by molar-refractivity contribution is -0.120. The molecule has 0 unspecified atom stereocenters. The molecule has 0 atom stereocenters. The Balaban J connectivity index is 1.19. The first-order valence-electron chi connectivity index (χ1n) is 10.9. The fraction of sp³-hybridized carbons (Fsp3) is 0.304. The number of rotatable bonds is 5. The van der Waals surface area contributed by atoms with Gasteiger partial charge in [0.15, 0.2) is 17.4 Å². The molecule has 0 radical (unpaired) electrons. The predicted octanol–water partition coefficient (Wildman–Crippen LogP) is 3.18. The van der Waals surface area contributed by atoms with Crippen LogP contribution >= 0.6 is 0 Å². The van der Waals surface area contributed by atoms with E-state index in [1.54, 1.807) is 17.0 Å². The van der Waals surface area contributed by atoms with E-state index >= 15 is 0 Å². The number of hydrogen-bond donors (Lipinski definition) is 1. The Labute approximate surface area is 190 Å². The molecule has 1 saturated heterocycles. The zero-order chi connectivity index (χ0) is 22.8. The van der Waals surface area contributed by atoms with Gasteiger partial charge < -0.3 is 14.6 Å². The van der Waals surface area contributed by atoms with Crippen molar-refractivity contribution in [2.75, 3.05) is 23.3 Å². The van der Waals surface area contributed by atoms with E-state index in [0.717, 1.165) is 43.1 Å². The van der Waals surface area contributed by atoms with Crippen molar-refractivity contribution in [3.8, 4) is 17.3 Å². The topological polar surface area (TPSA) is 115 Å². The minimum absolute atomic E-state index is 0.0353. The second-order valence-corrected chi connectivity index (χ2v) is 8.10. The molecule has 0 aliphatic carbocycles. The maximum absolute atomic E-state index is 12.9. The molecule has 1 N–H and O–H groups in total. The first-order valence-corrected chi connectivity index (χ1v) is 10.9. The third kappa shape index (κ3) is 4.45. The van der Waals surface area contributed by atoms with Gasteiger partial charge in [-0.3, -0.25) is 4.79 Å². The van der Waals surface area contributed by atoms with Crippen LogP contribution in [0.4, 0.5) is 11.6 Å². The predicted molar refractivity (Wildman–Crippen MR) is 122 cm³/mol. The average molecular weight is 444 g/mol. The molecule has 0 bridgehead atoms. The first-order chi connectivity index (χ1) is 16.1. The minimum atomic E-state index is -0.0938. The molecule has 1 fully saturated rings. The summed E-state index contributed by atoms with van der Waals surface area (Å²) in [5, 5.41) is 16.0. The monoisotopic (exact) mass is 444 g/mol. The number of nitrogens with zero attached hydrogens (tertiary/aromatic N) is 7. The highest BCUT2D eigenvalue weighted by Gasteiger charge is 2.26. The summed E-state index contributed by atoms with van der Waals surface area (Å²) < 4.78 is 7.10. The van der Waals surface area contributed by atoms with Gasteiger partial charge in [0.1, 0.15) is 17.8 Å². The second kappa shape index (κ2) is 8.81. The van der Waals surface area contributed by atoms with Gasteiger partial charge in [0.05, 0.1) is 12.0 Å². The molecule has 33 heavy (non-hydrogen) atoms. The number of carbonyl (C=O) groups excluding carboxylic acids is 1. The van der Waals surface area contributed by atoms with E-state index in [-0.39, 0.29) is 11.8 Å². The van der Waals surface area contributed by atoms with Crippen LogP contribution in [0.15, 0.2) is 53.4 Å². The maximum Gasteiger partial charge on any atom is 0.228 e. The van der Waals surface area contributed by atoms with Crippen LogP contribution in [0.1, 0.15) is 24.2 Å². The van der Waals surface area contributed by atoms with Gasteiger partial charge in [0.2, 0.25) is 5.91 Å². The lowest BCUT2D eigenvalue weighted by Crippen LogP contribution is -2.38. The highest BCUT2D eigenvalue weighted by molar-refractivity contribution is 5.92. The van der Waals surface area contributed by atoms with Crippen LogP contribution in [0, 0.1) is 19.8 Å². The highest BCUT2D eigenvalue weighted by Crippen LogP contribution is 2.24. The summed E-state index contributed by atoms with van der Waals surface area (Å²) >= 11 is 0. The fourth-order valence-corrected chi connectivity index (χ4v) is 4.04. The van der Waals surface area contributed by atoms with Gasteiger partial charge >= 0.3 is 0 Å². The molecule has 1 aliphatic rings. The van der Waals surface area contributed by atoms with Crippen molar-refractivity contribution < 1.29 is 9.21 Å². The molecule has 4 aromatic heterocycles. The number of furan rings is 1. The Hall–Kier alpha value is -4.08. The number of nitrogens with one attached hydrogen (secondary N) is 1. The van der Waals surface area contributed by atoms with Crippen molar-refractivity contribution in [3.05, 3.63) is 60.4 Å². The molecule has 0 aromatic carbocycles. The highest BCUT2D eigenvalue weighted by atomic mass is 16.3. The lowest BCUT2D eigenvalue weighted by Gasteiger charge is -2.31. The Kier molecular flexibility index (Phi) is 5.55. The van der Waals surface area contributed by atoms with Gasteiger partial charge in [-0.25, -0.2) is 14.6 Å². The zero-order valence-electron chi connectivity index (χ0n) is 18.5. The molecule has 10 nitrogen and oxygen atoms in total. The number of piperidine rings is 1. The number of aryl methyl sites for hydroxylation is 2. The molecular formula is C23H24N8O2. The zero-order valence-corrected chi connectivity index (χ0v) is 18.5. The summed E-state index contributed by atoms with van der Waals surface area (Å²) in [5.41, 5.74) is 2.57. The molecule has 5 heterocycles. The van der Waals surface area contributed by atoms with Crippen LogP contribution in [0.25, 0.3) is 17.3 Å². The summed E-state index contributed by atoms with van der Waals surface area (Å²) in [5.74, 6) is 2.46.